The number of hydrogen-bond acceptors (Lipinski definition) is 2. The van der Waals surface area contributed by atoms with Crippen LogP contribution in [0.4, 0.5) is 5.69 Å². The van der Waals surface area contributed by atoms with Crippen molar-refractivity contribution in [2.45, 2.75) is 59.0 Å². The van der Waals surface area contributed by atoms with E-state index in [0.717, 1.165) is 29.0 Å². The van der Waals surface area contributed by atoms with E-state index >= 15 is 0 Å². The molecule has 0 spiro atoms. The van der Waals surface area contributed by atoms with Crippen LogP contribution < -0.4 is 10.1 Å². The molecule has 1 aliphatic heterocycles. The zero-order valence-electron chi connectivity index (χ0n) is 16.5. The number of nitrogens with one attached hydrogen (secondary N) is 1. The van der Waals surface area contributed by atoms with Gasteiger partial charge in [0.15, 0.2) is 0 Å². The van der Waals surface area contributed by atoms with Gasteiger partial charge >= 0.3 is 0 Å². The van der Waals surface area contributed by atoms with Crippen LogP contribution in [0.15, 0.2) is 12.1 Å². The smallest absolute Gasteiger partial charge is 0.265 e. The van der Waals surface area contributed by atoms with Gasteiger partial charge < -0.3 is 10.1 Å². The molecular weight excluding hydrogens is 406 g/mol. The minimum Gasteiger partial charge on any atom is -0.497 e. The van der Waals surface area contributed by atoms with Crippen molar-refractivity contribution in [1.29, 1.82) is 0 Å². The number of carbonyl (C=O) groups excluding carboxylic acids is 1. The van der Waals surface area contributed by atoms with Crippen molar-refractivity contribution < 1.29 is 42.2 Å². The van der Waals surface area contributed by atoms with E-state index in [1.54, 1.807) is 7.11 Å². The van der Waals surface area contributed by atoms with E-state index in [1.807, 2.05) is 26.0 Å². The Morgan fingerprint density at radius 2 is 1.72 bits per heavy atom. The van der Waals surface area contributed by atoms with Gasteiger partial charge in [-0.25, -0.2) is 0 Å². The first kappa shape index (κ1) is 23.1. The third-order valence-electron chi connectivity index (χ3n) is 5.68. The van der Waals surface area contributed by atoms with E-state index in [0.29, 0.717) is 0 Å². The first-order chi connectivity index (χ1) is 11.5. The predicted octanol–water partition coefficient (Wildman–Crippen LogP) is 5.25. The van der Waals surface area contributed by atoms with Crippen LogP contribution in [0.2, 0.25) is 0 Å². The first-order valence-corrected chi connectivity index (χ1v) is 11.7. The van der Waals surface area contributed by atoms with Crippen LogP contribution in [0, 0.1) is 13.8 Å². The van der Waals surface area contributed by atoms with E-state index in [9.17, 15) is 4.79 Å². The van der Waals surface area contributed by atoms with E-state index in [2.05, 4.69) is 19.2 Å². The Balaban J connectivity index is 0.00000312. The van der Waals surface area contributed by atoms with Gasteiger partial charge in [-0.05, 0) is 69.7 Å². The van der Waals surface area contributed by atoms with Gasteiger partial charge in [0.25, 0.3) is 5.91 Å². The number of methoxy groups -OCH3 is 1. The number of benzene rings is 1. The van der Waals surface area contributed by atoms with Crippen LogP contribution >= 0.6 is 7.26 Å². The summed E-state index contributed by atoms with van der Waals surface area (Å²) in [7, 11) is 0.522. The second-order valence-electron chi connectivity index (χ2n) is 7.09. The Labute approximate surface area is 179 Å². The normalized spacial score (nSPS) is 17.3. The zero-order valence-corrected chi connectivity index (χ0v) is 20.3. The zero-order chi connectivity index (χ0) is 17.7. The molecule has 5 heteroatoms. The first-order valence-electron chi connectivity index (χ1n) is 9.29. The fraction of sp³-hybridized carbons (Fsp3) is 0.650. The van der Waals surface area contributed by atoms with Gasteiger partial charge in [0.1, 0.15) is 11.4 Å². The Kier molecular flexibility index (Phi) is 9.58. The summed E-state index contributed by atoms with van der Waals surface area (Å²) in [5.74, 6) is 1.09. The Morgan fingerprint density at radius 1 is 1.16 bits per heavy atom. The maximum absolute atomic E-state index is 13.2. The van der Waals surface area contributed by atoms with Crippen LogP contribution in [-0.2, 0) is 37.5 Å². The molecule has 25 heavy (non-hydrogen) atoms. The number of rotatable bonds is 6. The standard InChI is InChI=1S/C20H32NO2P.Y/c1-6-18(24(7-2)11-9-8-10-12-24)20(22)21-19-15(3)13-17(23-5)14-16(19)4;/h13-14,18H,6-12H2,1-5H3;/p+1. The van der Waals surface area contributed by atoms with E-state index < -0.39 is 7.26 Å². The number of hydrogen-bond donors (Lipinski definition) is 1. The molecule has 1 radical (unpaired) electrons. The largest absolute Gasteiger partial charge is 0.497 e. The quantitative estimate of drug-likeness (QED) is 0.615. The monoisotopic (exact) mass is 439 g/mol. The van der Waals surface area contributed by atoms with Gasteiger partial charge in [0.2, 0.25) is 0 Å². The Hall–Kier alpha value is 0.0239. The van der Waals surface area contributed by atoms with Gasteiger partial charge in [0, 0.05) is 45.7 Å². The molecule has 0 saturated carbocycles. The summed E-state index contributed by atoms with van der Waals surface area (Å²) in [6.07, 6.45) is 8.74. The molecule has 1 heterocycles. The molecule has 0 aromatic heterocycles. The second-order valence-corrected chi connectivity index (χ2v) is 11.7. The van der Waals surface area contributed by atoms with Gasteiger partial charge in [-0.2, -0.15) is 0 Å². The topological polar surface area (TPSA) is 38.3 Å². The van der Waals surface area contributed by atoms with Crippen molar-refractivity contribution in [2.75, 3.05) is 30.9 Å². The summed E-state index contributed by atoms with van der Waals surface area (Å²) in [6, 6.07) is 3.99. The average Bonchev–Trinajstić information content (AvgIpc) is 2.59. The van der Waals surface area contributed by atoms with Crippen molar-refractivity contribution in [3.05, 3.63) is 23.3 Å². The van der Waals surface area contributed by atoms with Crippen molar-refractivity contribution in [3.8, 4) is 5.75 Å². The van der Waals surface area contributed by atoms with E-state index in [4.69, 9.17) is 4.74 Å². The fourth-order valence-corrected chi connectivity index (χ4v) is 9.22. The SMILES string of the molecule is CCC(C(=O)Nc1c(C)cc(OC)cc1C)[P+]1(CC)CCCCC1.[Y]. The summed E-state index contributed by atoms with van der Waals surface area (Å²) >= 11 is 0. The third-order valence-corrected chi connectivity index (χ3v) is 11.3. The molecule has 137 valence electrons. The van der Waals surface area contributed by atoms with Crippen LogP contribution in [0.5, 0.6) is 5.75 Å². The molecule has 0 bridgehead atoms. The summed E-state index contributed by atoms with van der Waals surface area (Å²) in [6.45, 7) is 8.57. The summed E-state index contributed by atoms with van der Waals surface area (Å²) in [4.78, 5) is 13.2. The molecule has 1 aliphatic rings. The predicted molar refractivity (Wildman–Crippen MR) is 106 cm³/mol. The Morgan fingerprint density at radius 3 is 2.16 bits per heavy atom. The van der Waals surface area contributed by atoms with Gasteiger partial charge in [-0.15, -0.1) is 0 Å². The van der Waals surface area contributed by atoms with Gasteiger partial charge in [-0.3, -0.25) is 4.79 Å². The maximum atomic E-state index is 13.2. The molecule has 1 unspecified atom stereocenters. The summed E-state index contributed by atoms with van der Waals surface area (Å²) < 4.78 is 5.33. The van der Waals surface area contributed by atoms with Crippen molar-refractivity contribution in [3.63, 3.8) is 0 Å². The van der Waals surface area contributed by atoms with Crippen molar-refractivity contribution in [2.24, 2.45) is 0 Å². The molecule has 1 aromatic carbocycles. The maximum Gasteiger partial charge on any atom is 0.265 e. The molecule has 3 nitrogen and oxygen atoms in total. The number of amides is 1. The molecule has 1 fully saturated rings. The summed E-state index contributed by atoms with van der Waals surface area (Å²) in [5, 5.41) is 3.27. The minimum atomic E-state index is -1.16. The number of ether oxygens (including phenoxy) is 1. The fourth-order valence-electron chi connectivity index (χ4n) is 4.26. The molecule has 1 aromatic rings. The molecule has 1 N–H and O–H groups in total. The average molecular weight is 439 g/mol. The summed E-state index contributed by atoms with van der Waals surface area (Å²) in [5.41, 5.74) is 3.32. The van der Waals surface area contributed by atoms with Crippen LogP contribution in [0.1, 0.15) is 50.7 Å². The molecular formula is C20H33NO2PY+. The second kappa shape index (κ2) is 10.4. The number of aryl methyl sites for hydroxylation is 2. The molecule has 1 amide bonds. The van der Waals surface area contributed by atoms with Crippen molar-refractivity contribution in [1.82, 2.24) is 0 Å². The van der Waals surface area contributed by atoms with Crippen LogP contribution in [0.3, 0.4) is 0 Å². The van der Waals surface area contributed by atoms with Crippen molar-refractivity contribution >= 4 is 18.9 Å². The Bertz CT molecular complexity index is 562. The van der Waals surface area contributed by atoms with Crippen LogP contribution in [-0.4, -0.2) is 37.2 Å². The van der Waals surface area contributed by atoms with Gasteiger partial charge in [0.05, 0.1) is 25.6 Å². The van der Waals surface area contributed by atoms with E-state index in [1.165, 1.54) is 37.7 Å². The number of anilines is 1. The van der Waals surface area contributed by atoms with Gasteiger partial charge in [-0.1, -0.05) is 6.92 Å². The molecule has 0 aliphatic carbocycles. The minimum absolute atomic E-state index is 0. The van der Waals surface area contributed by atoms with E-state index in [-0.39, 0.29) is 44.3 Å². The molecule has 2 rings (SSSR count). The molecule has 1 atom stereocenters. The third kappa shape index (κ3) is 5.27. The molecule has 1 saturated heterocycles. The van der Waals surface area contributed by atoms with Crippen LogP contribution in [0.25, 0.3) is 0 Å². The number of carbonyl (C=O) groups is 1.